The molecule has 0 atom stereocenters. The second-order valence-corrected chi connectivity index (χ2v) is 6.13. The maximum absolute atomic E-state index is 12.3. The zero-order chi connectivity index (χ0) is 17.8. The van der Waals surface area contributed by atoms with Crippen molar-refractivity contribution in [3.8, 4) is 17.1 Å². The first-order chi connectivity index (χ1) is 12.1. The van der Waals surface area contributed by atoms with Crippen LogP contribution in [0.2, 0.25) is 0 Å². The summed E-state index contributed by atoms with van der Waals surface area (Å²) in [6, 6.07) is 16.1. The largest absolute Gasteiger partial charge is 0.349 e. The first kappa shape index (κ1) is 16.9. The topological polar surface area (TPSA) is 59.8 Å². The number of amides is 1. The molecule has 0 fully saturated rings. The maximum Gasteiger partial charge on any atom is 0.290 e. The molecule has 0 unspecified atom stereocenters. The zero-order valence-electron chi connectivity index (χ0n) is 14.8. The molecule has 0 radical (unpaired) electrons. The van der Waals surface area contributed by atoms with Crippen LogP contribution < -0.4 is 5.32 Å². The molecule has 1 heterocycles. The van der Waals surface area contributed by atoms with Crippen molar-refractivity contribution in [2.45, 2.75) is 27.2 Å². The summed E-state index contributed by atoms with van der Waals surface area (Å²) in [4.78, 5) is 16.8. The summed E-state index contributed by atoms with van der Waals surface area (Å²) >= 11 is 0. The van der Waals surface area contributed by atoms with Gasteiger partial charge in [-0.25, -0.2) is 9.67 Å². The summed E-state index contributed by atoms with van der Waals surface area (Å²) in [6.07, 6.45) is 0.870. The van der Waals surface area contributed by atoms with Gasteiger partial charge in [-0.2, -0.15) is 0 Å². The molecule has 0 spiro atoms. The van der Waals surface area contributed by atoms with E-state index >= 15 is 0 Å². The predicted molar refractivity (Wildman–Crippen MR) is 98.9 cm³/mol. The molecule has 0 saturated heterocycles. The third-order valence-corrected chi connectivity index (χ3v) is 3.93. The van der Waals surface area contributed by atoms with Crippen LogP contribution in [-0.4, -0.2) is 27.2 Å². The monoisotopic (exact) mass is 334 g/mol. The van der Waals surface area contributed by atoms with Crippen molar-refractivity contribution in [2.75, 3.05) is 6.54 Å². The molecule has 0 bridgehead atoms. The standard InChI is InChI=1S/C20H22N4O/c1-4-13-21-20(25)18-22-19(16-9-5-14(2)6-10-16)24(23-18)17-11-7-15(3)8-12-17/h5-12H,4,13H2,1-3H3,(H,21,25). The van der Waals surface area contributed by atoms with Crippen molar-refractivity contribution < 1.29 is 4.79 Å². The van der Waals surface area contributed by atoms with Crippen LogP contribution in [0.3, 0.4) is 0 Å². The molecule has 1 N–H and O–H groups in total. The summed E-state index contributed by atoms with van der Waals surface area (Å²) < 4.78 is 1.73. The normalized spacial score (nSPS) is 10.7. The van der Waals surface area contributed by atoms with Crippen LogP contribution in [0.15, 0.2) is 48.5 Å². The number of carbonyl (C=O) groups is 1. The van der Waals surface area contributed by atoms with Crippen LogP contribution in [0.1, 0.15) is 35.1 Å². The number of benzene rings is 2. The van der Waals surface area contributed by atoms with Crippen LogP contribution in [-0.2, 0) is 0 Å². The van der Waals surface area contributed by atoms with E-state index in [2.05, 4.69) is 15.4 Å². The van der Waals surface area contributed by atoms with Gasteiger partial charge in [-0.1, -0.05) is 54.4 Å². The summed E-state index contributed by atoms with van der Waals surface area (Å²) in [5.41, 5.74) is 4.14. The number of aromatic nitrogens is 3. The lowest BCUT2D eigenvalue weighted by Crippen LogP contribution is -2.25. The summed E-state index contributed by atoms with van der Waals surface area (Å²) in [7, 11) is 0. The number of rotatable bonds is 5. The Morgan fingerprint density at radius 1 is 1.00 bits per heavy atom. The van der Waals surface area contributed by atoms with Gasteiger partial charge in [0, 0.05) is 12.1 Å². The molecule has 0 aliphatic rings. The van der Waals surface area contributed by atoms with Crippen LogP contribution in [0, 0.1) is 13.8 Å². The summed E-state index contributed by atoms with van der Waals surface area (Å²) in [5, 5.41) is 7.29. The van der Waals surface area contributed by atoms with Crippen molar-refractivity contribution in [3.05, 3.63) is 65.5 Å². The van der Waals surface area contributed by atoms with Crippen LogP contribution >= 0.6 is 0 Å². The molecule has 25 heavy (non-hydrogen) atoms. The highest BCUT2D eigenvalue weighted by molar-refractivity contribution is 5.91. The van der Waals surface area contributed by atoms with Gasteiger partial charge in [0.25, 0.3) is 5.91 Å². The Bertz CT molecular complexity index is 801. The van der Waals surface area contributed by atoms with Gasteiger partial charge >= 0.3 is 0 Å². The Balaban J connectivity index is 2.07. The predicted octanol–water partition coefficient (Wildman–Crippen LogP) is 3.69. The first-order valence-corrected chi connectivity index (χ1v) is 8.48. The number of hydrogen-bond acceptors (Lipinski definition) is 3. The third-order valence-electron chi connectivity index (χ3n) is 3.93. The molecule has 3 rings (SSSR count). The van der Waals surface area contributed by atoms with Crippen LogP contribution in [0.4, 0.5) is 0 Å². The Hall–Kier alpha value is -2.95. The lowest BCUT2D eigenvalue weighted by atomic mass is 10.1. The van der Waals surface area contributed by atoms with E-state index in [0.29, 0.717) is 12.4 Å². The van der Waals surface area contributed by atoms with Gasteiger partial charge < -0.3 is 5.32 Å². The van der Waals surface area contributed by atoms with E-state index in [9.17, 15) is 4.79 Å². The van der Waals surface area contributed by atoms with Crippen LogP contribution in [0.25, 0.3) is 17.1 Å². The maximum atomic E-state index is 12.3. The SMILES string of the molecule is CCCNC(=O)c1nc(-c2ccc(C)cc2)n(-c2ccc(C)cc2)n1. The van der Waals surface area contributed by atoms with E-state index < -0.39 is 0 Å². The van der Waals surface area contributed by atoms with E-state index in [1.165, 1.54) is 11.1 Å². The van der Waals surface area contributed by atoms with E-state index in [1.807, 2.05) is 69.3 Å². The van der Waals surface area contributed by atoms with E-state index in [1.54, 1.807) is 4.68 Å². The average molecular weight is 334 g/mol. The summed E-state index contributed by atoms with van der Waals surface area (Å²) in [5.74, 6) is 0.594. The van der Waals surface area contributed by atoms with Crippen molar-refractivity contribution >= 4 is 5.91 Å². The Kier molecular flexibility index (Phi) is 4.93. The molecule has 0 aliphatic carbocycles. The fraction of sp³-hybridized carbons (Fsp3) is 0.250. The number of carbonyl (C=O) groups excluding carboxylic acids is 1. The van der Waals surface area contributed by atoms with Gasteiger partial charge in [0.15, 0.2) is 5.82 Å². The Morgan fingerprint density at radius 2 is 1.60 bits per heavy atom. The van der Waals surface area contributed by atoms with Gasteiger partial charge in [-0.15, -0.1) is 5.10 Å². The quantitative estimate of drug-likeness (QED) is 0.774. The highest BCUT2D eigenvalue weighted by atomic mass is 16.2. The molecular weight excluding hydrogens is 312 g/mol. The average Bonchev–Trinajstić information content (AvgIpc) is 3.06. The summed E-state index contributed by atoms with van der Waals surface area (Å²) in [6.45, 7) is 6.70. The first-order valence-electron chi connectivity index (χ1n) is 8.48. The molecule has 1 aromatic heterocycles. The van der Waals surface area contributed by atoms with Crippen molar-refractivity contribution in [3.63, 3.8) is 0 Å². The fourth-order valence-electron chi connectivity index (χ4n) is 2.48. The molecule has 5 heteroatoms. The molecule has 0 aliphatic heterocycles. The lowest BCUT2D eigenvalue weighted by Gasteiger charge is -2.06. The molecule has 1 amide bonds. The van der Waals surface area contributed by atoms with Crippen molar-refractivity contribution in [1.82, 2.24) is 20.1 Å². The van der Waals surface area contributed by atoms with E-state index in [0.717, 1.165) is 17.7 Å². The van der Waals surface area contributed by atoms with Gasteiger partial charge in [-0.05, 0) is 32.4 Å². The minimum Gasteiger partial charge on any atom is -0.349 e. The number of aryl methyl sites for hydroxylation is 2. The van der Waals surface area contributed by atoms with Gasteiger partial charge in [0.2, 0.25) is 5.82 Å². The van der Waals surface area contributed by atoms with Gasteiger partial charge in [-0.3, -0.25) is 4.79 Å². The highest BCUT2D eigenvalue weighted by Gasteiger charge is 2.18. The minimum absolute atomic E-state index is 0.185. The second kappa shape index (κ2) is 7.30. The number of nitrogens with zero attached hydrogens (tertiary/aromatic N) is 3. The molecule has 0 saturated carbocycles. The smallest absolute Gasteiger partial charge is 0.290 e. The molecule has 2 aromatic carbocycles. The second-order valence-electron chi connectivity index (χ2n) is 6.13. The van der Waals surface area contributed by atoms with Gasteiger partial charge in [0.1, 0.15) is 0 Å². The molecule has 3 aromatic rings. The molecule has 5 nitrogen and oxygen atoms in total. The molecule has 128 valence electrons. The lowest BCUT2D eigenvalue weighted by molar-refractivity contribution is 0.0943. The minimum atomic E-state index is -0.249. The van der Waals surface area contributed by atoms with Gasteiger partial charge in [0.05, 0.1) is 5.69 Å². The third kappa shape index (κ3) is 3.76. The Labute approximate surface area is 147 Å². The van der Waals surface area contributed by atoms with Crippen molar-refractivity contribution in [1.29, 1.82) is 0 Å². The van der Waals surface area contributed by atoms with E-state index in [-0.39, 0.29) is 11.7 Å². The Morgan fingerprint density at radius 3 is 2.20 bits per heavy atom. The van der Waals surface area contributed by atoms with Crippen molar-refractivity contribution in [2.24, 2.45) is 0 Å². The zero-order valence-corrected chi connectivity index (χ0v) is 14.8. The van der Waals surface area contributed by atoms with E-state index in [4.69, 9.17) is 0 Å². The number of nitrogens with one attached hydrogen (secondary N) is 1. The molecular formula is C20H22N4O. The van der Waals surface area contributed by atoms with Crippen LogP contribution in [0.5, 0.6) is 0 Å². The highest BCUT2D eigenvalue weighted by Crippen LogP contribution is 2.22. The number of hydrogen-bond donors (Lipinski definition) is 1. The fourth-order valence-corrected chi connectivity index (χ4v) is 2.48.